The average molecular weight is 299 g/mol. The third-order valence-corrected chi connectivity index (χ3v) is 4.83. The molecule has 0 aliphatic heterocycles. The Balaban J connectivity index is 4.90. The highest BCUT2D eigenvalue weighted by Gasteiger charge is 2.19. The lowest BCUT2D eigenvalue weighted by molar-refractivity contribution is -0.132. The maximum absolute atomic E-state index is 11.9. The second-order valence-corrected chi connectivity index (χ2v) is 11.8. The van der Waals surface area contributed by atoms with Crippen LogP contribution in [0.15, 0.2) is 25.3 Å². The molecule has 2 amide bonds. The number of hydrogen-bond acceptors (Lipinski definition) is 2. The summed E-state index contributed by atoms with van der Waals surface area (Å²) in [5.74, 6) is -0.207. The van der Waals surface area contributed by atoms with E-state index in [-0.39, 0.29) is 11.8 Å². The molecule has 0 N–H and O–H groups in total. The molecule has 0 saturated carbocycles. The van der Waals surface area contributed by atoms with Gasteiger partial charge in [0.1, 0.15) is 0 Å². The fraction of sp³-hybridized carbons (Fsp3) is 0.538. The van der Waals surface area contributed by atoms with Gasteiger partial charge in [0, 0.05) is 12.3 Å². The molecule has 4 nitrogen and oxygen atoms in total. The molecule has 0 bridgehead atoms. The Morgan fingerprint density at radius 2 is 1.21 bits per heavy atom. The van der Waals surface area contributed by atoms with Crippen molar-refractivity contribution in [3.63, 3.8) is 0 Å². The Kier molecular flexibility index (Phi) is 8.33. The summed E-state index contributed by atoms with van der Waals surface area (Å²) in [6.07, 6.45) is 4.15. The van der Waals surface area contributed by atoms with Crippen LogP contribution in [0, 0.1) is 0 Å². The summed E-state index contributed by atoms with van der Waals surface area (Å²) < 4.78 is 0. The fourth-order valence-electron chi connectivity index (χ4n) is 1.78. The molecule has 0 unspecified atom stereocenters. The van der Waals surface area contributed by atoms with Gasteiger partial charge in [0.15, 0.2) is 0 Å². The Morgan fingerprint density at radius 3 is 1.42 bits per heavy atom. The van der Waals surface area contributed by atoms with Crippen molar-refractivity contribution in [3.05, 3.63) is 25.3 Å². The van der Waals surface area contributed by atoms with E-state index in [1.54, 1.807) is 9.80 Å². The fourth-order valence-corrected chi connectivity index (χ4v) is 4.13. The predicted octanol–water partition coefficient (Wildman–Crippen LogP) is 1.02. The van der Waals surface area contributed by atoms with E-state index < -0.39 is 17.6 Å². The second kappa shape index (κ2) is 8.87. The summed E-state index contributed by atoms with van der Waals surface area (Å²) in [7, 11) is -1.86. The smallest absolute Gasteiger partial charge is 0.247 e. The van der Waals surface area contributed by atoms with Gasteiger partial charge in [-0.2, -0.15) is 0 Å². The first-order valence-electron chi connectivity index (χ1n) is 6.64. The molecular weight excluding hydrogens is 272 g/mol. The third kappa shape index (κ3) is 7.12. The number of nitrogens with zero attached hydrogens (tertiary/aromatic N) is 2. The van der Waals surface area contributed by atoms with Crippen LogP contribution in [0.3, 0.4) is 0 Å². The van der Waals surface area contributed by atoms with Crippen LogP contribution in [0.2, 0.25) is 26.2 Å². The molecule has 108 valence electrons. The molecule has 0 aromatic carbocycles. The summed E-state index contributed by atoms with van der Waals surface area (Å²) in [6.45, 7) is 16.1. The van der Waals surface area contributed by atoms with Crippen molar-refractivity contribution in [3.8, 4) is 0 Å². The molecule has 0 rings (SSSR count). The third-order valence-electron chi connectivity index (χ3n) is 2.49. The summed E-state index contributed by atoms with van der Waals surface area (Å²) in [5, 5.41) is 0. The highest BCUT2D eigenvalue weighted by Crippen LogP contribution is 2.01. The van der Waals surface area contributed by atoms with Gasteiger partial charge in [0.2, 0.25) is 11.8 Å². The quantitative estimate of drug-likeness (QED) is 0.381. The van der Waals surface area contributed by atoms with Crippen molar-refractivity contribution in [2.75, 3.05) is 19.0 Å². The van der Waals surface area contributed by atoms with Crippen LogP contribution in [0.5, 0.6) is 0 Å². The lowest BCUT2D eigenvalue weighted by atomic mass is 10.5. The van der Waals surface area contributed by atoms with Crippen LogP contribution < -0.4 is 0 Å². The molecule has 0 spiro atoms. The summed E-state index contributed by atoms with van der Waals surface area (Å²) in [4.78, 5) is 27.2. The molecule has 0 aromatic heterocycles. The van der Waals surface area contributed by atoms with E-state index in [2.05, 4.69) is 39.3 Å². The van der Waals surface area contributed by atoms with Crippen molar-refractivity contribution in [1.82, 2.24) is 9.80 Å². The lowest BCUT2D eigenvalue weighted by Crippen LogP contribution is -2.48. The maximum Gasteiger partial charge on any atom is 0.247 e. The topological polar surface area (TPSA) is 40.6 Å². The minimum absolute atomic E-state index is 0.103. The van der Waals surface area contributed by atoms with Gasteiger partial charge in [-0.05, 0) is 12.2 Å². The first-order chi connectivity index (χ1) is 8.81. The van der Waals surface area contributed by atoms with Gasteiger partial charge in [-0.15, -0.1) is 0 Å². The molecule has 6 heteroatoms. The largest absolute Gasteiger partial charge is 0.325 e. The molecule has 0 fully saturated rings. The SMILES string of the molecule is C=CC(=O)N(CN(C[SiH](C)C)C(=O)C=C)C[SiH](C)C. The van der Waals surface area contributed by atoms with Gasteiger partial charge in [-0.1, -0.05) is 39.3 Å². The highest BCUT2D eigenvalue weighted by molar-refractivity contribution is 6.56. The van der Waals surface area contributed by atoms with Crippen molar-refractivity contribution in [2.24, 2.45) is 0 Å². The van der Waals surface area contributed by atoms with E-state index >= 15 is 0 Å². The van der Waals surface area contributed by atoms with Crippen molar-refractivity contribution >= 4 is 29.4 Å². The van der Waals surface area contributed by atoms with Crippen LogP contribution >= 0.6 is 0 Å². The zero-order valence-corrected chi connectivity index (χ0v) is 14.9. The number of carbonyl (C=O) groups is 2. The normalized spacial score (nSPS) is 10.4. The molecule has 0 radical (unpaired) electrons. The summed E-state index contributed by atoms with van der Waals surface area (Å²) >= 11 is 0. The average Bonchev–Trinajstić information content (AvgIpc) is 2.33. The molecule has 0 saturated heterocycles. The Hall–Kier alpha value is -1.15. The van der Waals surface area contributed by atoms with E-state index in [4.69, 9.17) is 0 Å². The highest BCUT2D eigenvalue weighted by atomic mass is 28.3. The number of carbonyl (C=O) groups excluding carboxylic acids is 2. The minimum Gasteiger partial charge on any atom is -0.325 e. The van der Waals surface area contributed by atoms with Crippen molar-refractivity contribution in [2.45, 2.75) is 26.2 Å². The van der Waals surface area contributed by atoms with E-state index in [0.717, 1.165) is 12.3 Å². The molecule has 0 aromatic rings. The van der Waals surface area contributed by atoms with Gasteiger partial charge in [0.25, 0.3) is 0 Å². The minimum atomic E-state index is -0.928. The second-order valence-electron chi connectivity index (χ2n) is 5.46. The van der Waals surface area contributed by atoms with E-state index in [9.17, 15) is 9.59 Å². The number of hydrogen-bond donors (Lipinski definition) is 0. The van der Waals surface area contributed by atoms with Crippen molar-refractivity contribution in [1.29, 1.82) is 0 Å². The molecule has 0 atom stereocenters. The molecule has 0 aliphatic rings. The lowest BCUT2D eigenvalue weighted by Gasteiger charge is -2.31. The van der Waals surface area contributed by atoms with Crippen LogP contribution in [0.25, 0.3) is 0 Å². The first kappa shape index (κ1) is 17.9. The van der Waals surface area contributed by atoms with E-state index in [1.165, 1.54) is 12.2 Å². The van der Waals surface area contributed by atoms with Gasteiger partial charge >= 0.3 is 0 Å². The zero-order chi connectivity index (χ0) is 15.0. The zero-order valence-electron chi connectivity index (χ0n) is 12.6. The summed E-state index contributed by atoms with van der Waals surface area (Å²) in [5.41, 5.74) is 0. The standard InChI is InChI=1S/C13H26N2O2Si2/c1-7-12(16)14(10-18(3)4)9-15(11-19(5)6)13(17)8-2/h7-8,18-19H,1-2,9-11H2,3-6H3. The number of rotatable bonds is 8. The Bertz CT molecular complexity index is 312. The molecule has 0 aliphatic carbocycles. The molecule has 0 heterocycles. The Labute approximate surface area is 120 Å². The molecule has 19 heavy (non-hydrogen) atoms. The monoisotopic (exact) mass is 298 g/mol. The molecular formula is C13H26N2O2Si2. The van der Waals surface area contributed by atoms with Crippen LogP contribution in [0.1, 0.15) is 0 Å². The van der Waals surface area contributed by atoms with Gasteiger partial charge < -0.3 is 9.80 Å². The van der Waals surface area contributed by atoms with Crippen LogP contribution in [0.4, 0.5) is 0 Å². The van der Waals surface area contributed by atoms with E-state index in [0.29, 0.717) is 6.67 Å². The van der Waals surface area contributed by atoms with Crippen LogP contribution in [-0.4, -0.2) is 58.2 Å². The van der Waals surface area contributed by atoms with Crippen LogP contribution in [-0.2, 0) is 9.59 Å². The predicted molar refractivity (Wildman–Crippen MR) is 86.4 cm³/mol. The first-order valence-corrected chi connectivity index (χ1v) is 12.9. The van der Waals surface area contributed by atoms with Gasteiger partial charge in [-0.3, -0.25) is 9.59 Å². The number of amides is 2. The van der Waals surface area contributed by atoms with Gasteiger partial charge in [0.05, 0.1) is 24.3 Å². The maximum atomic E-state index is 11.9. The summed E-state index contributed by atoms with van der Waals surface area (Å²) in [6, 6.07) is 0. The Morgan fingerprint density at radius 1 is 0.895 bits per heavy atom. The van der Waals surface area contributed by atoms with Gasteiger partial charge in [-0.25, -0.2) is 0 Å². The van der Waals surface area contributed by atoms with E-state index in [1.807, 2.05) is 0 Å². The van der Waals surface area contributed by atoms with Crippen molar-refractivity contribution < 1.29 is 9.59 Å².